The second-order valence-corrected chi connectivity index (χ2v) is 7.37. The summed E-state index contributed by atoms with van der Waals surface area (Å²) in [6.45, 7) is 8.72. The van der Waals surface area contributed by atoms with Gasteiger partial charge in [-0.15, -0.1) is 0 Å². The third-order valence-electron chi connectivity index (χ3n) is 2.43. The molecule has 1 atom stereocenters. The Bertz CT molecular complexity index is 347. The number of carbonyl (C=O) groups is 2. The molecule has 20 heavy (non-hydrogen) atoms. The first kappa shape index (κ1) is 19.1. The lowest BCUT2D eigenvalue weighted by molar-refractivity contribution is -0.133. The maximum Gasteiger partial charge on any atom is 0.408 e. The zero-order valence-corrected chi connectivity index (χ0v) is 14.0. The van der Waals surface area contributed by atoms with Crippen LogP contribution in [0, 0.1) is 0 Å². The van der Waals surface area contributed by atoms with E-state index in [-0.39, 0.29) is 19.1 Å². The summed E-state index contributed by atoms with van der Waals surface area (Å²) in [6, 6.07) is -0.850. The number of likely N-dealkylation sites (N-methyl/N-ethyl adjacent to an activating group) is 1. The fourth-order valence-corrected chi connectivity index (χ4v) is 1.62. The van der Waals surface area contributed by atoms with Crippen molar-refractivity contribution in [3.05, 3.63) is 0 Å². The van der Waals surface area contributed by atoms with E-state index in [0.717, 1.165) is 0 Å². The molecule has 0 spiro atoms. The number of hydrogen-bond acceptors (Lipinski definition) is 5. The van der Waals surface area contributed by atoms with Gasteiger partial charge in [0.15, 0.2) is 0 Å². The zero-order chi connectivity index (χ0) is 16.1. The molecule has 118 valence electrons. The fraction of sp³-hybridized carbons (Fsp3) is 0.846. The lowest BCUT2D eigenvalue weighted by Crippen LogP contribution is -2.56. The molecule has 6 nitrogen and oxygen atoms in total. The molecule has 0 fully saturated rings. The Hall–Kier alpha value is -0.950. The van der Waals surface area contributed by atoms with E-state index in [1.807, 2.05) is 0 Å². The summed E-state index contributed by atoms with van der Waals surface area (Å²) >= 11 is 4.36. The molecule has 0 aliphatic carbocycles. The minimum Gasteiger partial charge on any atom is -0.444 e. The van der Waals surface area contributed by atoms with Gasteiger partial charge in [-0.1, -0.05) is 0 Å². The highest BCUT2D eigenvalue weighted by Crippen LogP contribution is 2.20. The summed E-state index contributed by atoms with van der Waals surface area (Å²) in [7, 11) is 1.56. The first-order valence-corrected chi connectivity index (χ1v) is 6.91. The second-order valence-electron chi connectivity index (χ2n) is 6.22. The average molecular weight is 306 g/mol. The quantitative estimate of drug-likeness (QED) is 0.663. The molecule has 0 unspecified atom stereocenters. The van der Waals surface area contributed by atoms with Gasteiger partial charge in [0, 0.05) is 18.3 Å². The largest absolute Gasteiger partial charge is 0.444 e. The molecule has 0 heterocycles. The van der Waals surface area contributed by atoms with Gasteiger partial charge < -0.3 is 20.1 Å². The number of nitrogens with zero attached hydrogens (tertiary/aromatic N) is 1. The van der Waals surface area contributed by atoms with Gasteiger partial charge >= 0.3 is 6.09 Å². The molecule has 0 saturated carbocycles. The molecule has 0 rings (SSSR count). The zero-order valence-electron chi connectivity index (χ0n) is 13.1. The Kier molecular flexibility index (Phi) is 6.83. The average Bonchev–Trinajstić information content (AvgIpc) is 2.21. The molecule has 0 aromatic rings. The van der Waals surface area contributed by atoms with E-state index in [9.17, 15) is 9.59 Å². The molecular weight excluding hydrogens is 280 g/mol. The van der Waals surface area contributed by atoms with Crippen molar-refractivity contribution in [2.45, 2.75) is 51.0 Å². The number of amides is 2. The van der Waals surface area contributed by atoms with Crippen molar-refractivity contribution < 1.29 is 19.4 Å². The second kappa shape index (κ2) is 7.17. The molecule has 0 aliphatic rings. The van der Waals surface area contributed by atoms with E-state index in [1.54, 1.807) is 41.7 Å². The SMILES string of the molecule is CN(CCO)C(=O)[C@@H](NC(=O)OC(C)(C)C)C(C)(C)S. The van der Waals surface area contributed by atoms with Gasteiger partial charge in [0.25, 0.3) is 0 Å². The molecule has 2 amide bonds. The predicted molar refractivity (Wildman–Crippen MR) is 80.9 cm³/mol. The van der Waals surface area contributed by atoms with Crippen LogP contribution < -0.4 is 5.32 Å². The Morgan fingerprint density at radius 1 is 1.30 bits per heavy atom. The normalized spacial score (nSPS) is 13.6. The summed E-state index contributed by atoms with van der Waals surface area (Å²) < 4.78 is 4.38. The number of ether oxygens (including phenoxy) is 1. The maximum absolute atomic E-state index is 12.3. The van der Waals surface area contributed by atoms with Gasteiger partial charge in [0.2, 0.25) is 5.91 Å². The summed E-state index contributed by atoms with van der Waals surface area (Å²) in [5.74, 6) is -0.329. The minimum atomic E-state index is -0.850. The van der Waals surface area contributed by atoms with Crippen molar-refractivity contribution in [3.8, 4) is 0 Å². The third-order valence-corrected chi connectivity index (χ3v) is 2.68. The number of carbonyl (C=O) groups excluding carboxylic acids is 2. The van der Waals surface area contributed by atoms with Gasteiger partial charge in [-0.2, -0.15) is 12.6 Å². The van der Waals surface area contributed by atoms with Crippen molar-refractivity contribution in [3.63, 3.8) is 0 Å². The number of aliphatic hydroxyl groups excluding tert-OH is 1. The van der Waals surface area contributed by atoms with Crippen LogP contribution in [0.25, 0.3) is 0 Å². The highest BCUT2D eigenvalue weighted by Gasteiger charge is 2.36. The van der Waals surface area contributed by atoms with Gasteiger partial charge in [-0.3, -0.25) is 4.79 Å². The van der Waals surface area contributed by atoms with Crippen molar-refractivity contribution in [1.29, 1.82) is 0 Å². The molecule has 7 heteroatoms. The van der Waals surface area contributed by atoms with Crippen LogP contribution in [0.2, 0.25) is 0 Å². The topological polar surface area (TPSA) is 78.9 Å². The lowest BCUT2D eigenvalue weighted by Gasteiger charge is -2.33. The maximum atomic E-state index is 12.3. The number of nitrogens with one attached hydrogen (secondary N) is 1. The van der Waals surface area contributed by atoms with Crippen molar-refractivity contribution in [1.82, 2.24) is 10.2 Å². The third kappa shape index (κ3) is 7.00. The van der Waals surface area contributed by atoms with Crippen LogP contribution in [0.1, 0.15) is 34.6 Å². The van der Waals surface area contributed by atoms with E-state index >= 15 is 0 Å². The van der Waals surface area contributed by atoms with Crippen LogP contribution in [0.4, 0.5) is 4.79 Å². The van der Waals surface area contributed by atoms with E-state index < -0.39 is 22.5 Å². The number of alkyl carbamates (subject to hydrolysis) is 1. The van der Waals surface area contributed by atoms with Gasteiger partial charge in [0.05, 0.1) is 6.61 Å². The van der Waals surface area contributed by atoms with Crippen LogP contribution in [0.5, 0.6) is 0 Å². The molecular formula is C13H26N2O4S. The van der Waals surface area contributed by atoms with Gasteiger partial charge in [0.1, 0.15) is 11.6 Å². The van der Waals surface area contributed by atoms with E-state index in [1.165, 1.54) is 4.90 Å². The van der Waals surface area contributed by atoms with E-state index in [4.69, 9.17) is 9.84 Å². The van der Waals surface area contributed by atoms with E-state index in [0.29, 0.717) is 0 Å². The lowest BCUT2D eigenvalue weighted by atomic mass is 10.0. The number of hydrogen-bond donors (Lipinski definition) is 3. The minimum absolute atomic E-state index is 0.144. The first-order chi connectivity index (χ1) is 8.88. The Morgan fingerprint density at radius 2 is 1.80 bits per heavy atom. The smallest absolute Gasteiger partial charge is 0.408 e. The van der Waals surface area contributed by atoms with Crippen LogP contribution in [-0.2, 0) is 9.53 Å². The number of thiol groups is 1. The highest BCUT2D eigenvalue weighted by atomic mass is 32.1. The number of rotatable bonds is 5. The van der Waals surface area contributed by atoms with Crippen molar-refractivity contribution in [2.24, 2.45) is 0 Å². The highest BCUT2D eigenvalue weighted by molar-refractivity contribution is 7.81. The summed E-state index contributed by atoms with van der Waals surface area (Å²) in [4.78, 5) is 25.4. The van der Waals surface area contributed by atoms with Gasteiger partial charge in [-0.05, 0) is 34.6 Å². The molecule has 0 aromatic carbocycles. The van der Waals surface area contributed by atoms with Crippen molar-refractivity contribution in [2.75, 3.05) is 20.2 Å². The first-order valence-electron chi connectivity index (χ1n) is 6.46. The summed E-state index contributed by atoms with van der Waals surface area (Å²) in [5, 5.41) is 11.4. The summed E-state index contributed by atoms with van der Waals surface area (Å²) in [5.41, 5.74) is -0.643. The number of aliphatic hydroxyl groups is 1. The Balaban J connectivity index is 4.92. The van der Waals surface area contributed by atoms with Crippen LogP contribution in [0.3, 0.4) is 0 Å². The molecule has 0 radical (unpaired) electrons. The summed E-state index contributed by atoms with van der Waals surface area (Å²) in [6.07, 6.45) is -0.671. The van der Waals surface area contributed by atoms with Crippen LogP contribution in [0.15, 0.2) is 0 Å². The van der Waals surface area contributed by atoms with Crippen LogP contribution >= 0.6 is 12.6 Å². The molecule has 2 N–H and O–H groups in total. The molecule has 0 bridgehead atoms. The van der Waals surface area contributed by atoms with E-state index in [2.05, 4.69) is 17.9 Å². The predicted octanol–water partition coefficient (Wildman–Crippen LogP) is 1.04. The molecule has 0 aliphatic heterocycles. The Labute approximate surface area is 126 Å². The molecule has 0 aromatic heterocycles. The Morgan fingerprint density at radius 3 is 2.15 bits per heavy atom. The molecule has 0 saturated heterocycles. The van der Waals surface area contributed by atoms with Crippen molar-refractivity contribution >= 4 is 24.6 Å². The monoisotopic (exact) mass is 306 g/mol. The van der Waals surface area contributed by atoms with Gasteiger partial charge in [-0.25, -0.2) is 4.79 Å². The standard InChI is InChI=1S/C13H26N2O4S/c1-12(2,3)19-11(18)14-9(13(4,5)20)10(17)15(6)7-8-16/h9,16,20H,7-8H2,1-6H3,(H,14,18)/t9-/m1/s1. The fourth-order valence-electron chi connectivity index (χ4n) is 1.45. The van der Waals surface area contributed by atoms with Crippen LogP contribution in [-0.4, -0.2) is 58.6 Å².